The van der Waals surface area contributed by atoms with E-state index < -0.39 is 4.92 Å². The van der Waals surface area contributed by atoms with Gasteiger partial charge in [0.05, 0.1) is 16.7 Å². The number of rotatable bonds is 8. The van der Waals surface area contributed by atoms with Crippen LogP contribution in [0.25, 0.3) is 0 Å². The SMILES string of the molecule is CCc1cnc(NC(=O)c2cc([N+](O)(O)N(C)C)cnc2N(C)CC2CC2)s1. The molecule has 3 rings (SSSR count). The van der Waals surface area contributed by atoms with Crippen molar-refractivity contribution in [3.8, 4) is 0 Å². The number of nitrogens with zero attached hydrogens (tertiary/aromatic N) is 5. The predicted molar refractivity (Wildman–Crippen MR) is 109 cm³/mol. The van der Waals surface area contributed by atoms with Crippen LogP contribution in [0.3, 0.4) is 0 Å². The molecule has 0 bridgehead atoms. The number of nitrogens with one attached hydrogen (secondary N) is 1. The van der Waals surface area contributed by atoms with Crippen molar-refractivity contribution in [1.82, 2.24) is 19.9 Å². The maximum Gasteiger partial charge on any atom is 0.261 e. The van der Waals surface area contributed by atoms with Gasteiger partial charge in [0.25, 0.3) is 5.91 Å². The molecule has 0 aromatic carbocycles. The molecular weight excluding hydrogens is 380 g/mol. The van der Waals surface area contributed by atoms with Crippen molar-refractivity contribution < 1.29 is 15.2 Å². The fourth-order valence-corrected chi connectivity index (χ4v) is 3.53. The van der Waals surface area contributed by atoms with Crippen molar-refractivity contribution in [2.24, 2.45) is 5.92 Å². The lowest BCUT2D eigenvalue weighted by molar-refractivity contribution is -0.388. The molecule has 3 N–H and O–H groups in total. The standard InChI is InChI=1S/C18H26N6O3S/c1-5-14-10-20-18(28-14)21-17(25)15-8-13(24(26,27)22(2)3)9-19-16(15)23(4)11-12-6-7-12/h8-10,12,26-27H,5-7,11H2,1-4H3/p+1. The highest BCUT2D eigenvalue weighted by Crippen LogP contribution is 2.33. The van der Waals surface area contributed by atoms with E-state index in [9.17, 15) is 15.2 Å². The van der Waals surface area contributed by atoms with Crippen LogP contribution in [0.15, 0.2) is 18.5 Å². The molecule has 0 saturated heterocycles. The summed E-state index contributed by atoms with van der Waals surface area (Å²) in [6.45, 7) is 2.83. The largest absolute Gasteiger partial charge is 0.359 e. The molecule has 1 fully saturated rings. The third-order valence-electron chi connectivity index (χ3n) is 4.71. The van der Waals surface area contributed by atoms with Gasteiger partial charge in [-0.2, -0.15) is 10.4 Å². The Labute approximate surface area is 168 Å². The number of pyridine rings is 1. The van der Waals surface area contributed by atoms with E-state index in [1.165, 1.54) is 55.5 Å². The minimum absolute atomic E-state index is 0.0621. The first-order chi connectivity index (χ1) is 13.2. The molecule has 0 aliphatic heterocycles. The molecule has 1 amide bonds. The number of amides is 1. The highest BCUT2D eigenvalue weighted by molar-refractivity contribution is 7.15. The first-order valence-corrected chi connectivity index (χ1v) is 10.0. The molecule has 2 heterocycles. The number of hydrogen-bond donors (Lipinski definition) is 3. The van der Waals surface area contributed by atoms with Gasteiger partial charge in [0, 0.05) is 44.8 Å². The third kappa shape index (κ3) is 4.47. The van der Waals surface area contributed by atoms with Gasteiger partial charge in [-0.1, -0.05) is 11.9 Å². The molecule has 1 saturated carbocycles. The van der Waals surface area contributed by atoms with Crippen LogP contribution >= 0.6 is 11.3 Å². The number of aryl methyl sites for hydroxylation is 1. The topological polar surface area (TPSA) is 102 Å². The summed E-state index contributed by atoms with van der Waals surface area (Å²) in [6, 6.07) is 1.45. The van der Waals surface area contributed by atoms with Crippen LogP contribution in [0.5, 0.6) is 0 Å². The van der Waals surface area contributed by atoms with Crippen molar-refractivity contribution in [2.75, 3.05) is 37.9 Å². The Kier molecular flexibility index (Phi) is 5.96. The van der Waals surface area contributed by atoms with Gasteiger partial charge < -0.3 is 4.90 Å². The third-order valence-corrected chi connectivity index (χ3v) is 5.77. The average molecular weight is 408 g/mol. The molecule has 0 spiro atoms. The molecular formula is C18H27N6O3S+. The molecule has 0 unspecified atom stereocenters. The minimum Gasteiger partial charge on any atom is -0.359 e. The smallest absolute Gasteiger partial charge is 0.261 e. The van der Waals surface area contributed by atoms with Crippen LogP contribution in [-0.4, -0.2) is 59.0 Å². The van der Waals surface area contributed by atoms with Gasteiger partial charge in [-0.05, 0) is 25.2 Å². The highest BCUT2D eigenvalue weighted by atomic mass is 32.1. The van der Waals surface area contributed by atoms with Crippen LogP contribution in [0.2, 0.25) is 0 Å². The van der Waals surface area contributed by atoms with Crippen molar-refractivity contribution >= 4 is 33.9 Å². The van der Waals surface area contributed by atoms with Gasteiger partial charge in [-0.15, -0.1) is 11.3 Å². The van der Waals surface area contributed by atoms with Gasteiger partial charge >= 0.3 is 0 Å². The average Bonchev–Trinajstić information content (AvgIpc) is 3.36. The van der Waals surface area contributed by atoms with Crippen molar-refractivity contribution in [1.29, 1.82) is 0 Å². The first kappa shape index (κ1) is 20.6. The second kappa shape index (κ2) is 8.10. The first-order valence-electron chi connectivity index (χ1n) is 9.22. The summed E-state index contributed by atoms with van der Waals surface area (Å²) in [4.78, 5) is 23.1. The van der Waals surface area contributed by atoms with E-state index in [-0.39, 0.29) is 17.2 Å². The Morgan fingerprint density at radius 3 is 2.57 bits per heavy atom. The van der Waals surface area contributed by atoms with Crippen LogP contribution < -0.4 is 15.1 Å². The molecule has 152 valence electrons. The van der Waals surface area contributed by atoms with Gasteiger partial charge in [0.2, 0.25) is 5.69 Å². The van der Waals surface area contributed by atoms with Crippen molar-refractivity contribution in [3.63, 3.8) is 0 Å². The Bertz CT molecular complexity index is 850. The molecule has 2 aromatic rings. The summed E-state index contributed by atoms with van der Waals surface area (Å²) in [5.74, 6) is 0.725. The van der Waals surface area contributed by atoms with Crippen molar-refractivity contribution in [2.45, 2.75) is 26.2 Å². The zero-order valence-corrected chi connectivity index (χ0v) is 17.4. The molecule has 10 heteroatoms. The number of carbonyl (C=O) groups is 1. The van der Waals surface area contributed by atoms with Crippen LogP contribution in [0, 0.1) is 5.92 Å². The van der Waals surface area contributed by atoms with E-state index in [0.29, 0.717) is 16.9 Å². The fraction of sp³-hybridized carbons (Fsp3) is 0.500. The van der Waals surface area contributed by atoms with Crippen LogP contribution in [0.1, 0.15) is 35.0 Å². The number of carbonyl (C=O) groups excluding carboxylic acids is 1. The summed E-state index contributed by atoms with van der Waals surface area (Å²) in [5, 5.41) is 25.1. The van der Waals surface area contributed by atoms with E-state index >= 15 is 0 Å². The Morgan fingerprint density at radius 1 is 1.29 bits per heavy atom. The monoisotopic (exact) mass is 407 g/mol. The van der Waals surface area contributed by atoms with E-state index in [2.05, 4.69) is 15.3 Å². The predicted octanol–water partition coefficient (Wildman–Crippen LogP) is 2.76. The minimum atomic E-state index is -1.50. The molecule has 1 aliphatic carbocycles. The molecule has 9 nitrogen and oxygen atoms in total. The lowest BCUT2D eigenvalue weighted by Crippen LogP contribution is -2.53. The highest BCUT2D eigenvalue weighted by Gasteiger charge is 2.34. The molecule has 0 atom stereocenters. The Hall–Kier alpha value is -2.11. The van der Waals surface area contributed by atoms with Crippen LogP contribution in [-0.2, 0) is 6.42 Å². The second-order valence-electron chi connectivity index (χ2n) is 7.24. The molecule has 28 heavy (non-hydrogen) atoms. The zero-order chi connectivity index (χ0) is 20.5. The van der Waals surface area contributed by atoms with E-state index in [1.54, 1.807) is 6.20 Å². The lowest BCUT2D eigenvalue weighted by atomic mass is 10.2. The molecule has 0 radical (unpaired) electrons. The van der Waals surface area contributed by atoms with Crippen LogP contribution in [0.4, 0.5) is 16.6 Å². The summed E-state index contributed by atoms with van der Waals surface area (Å²) in [7, 11) is 4.91. The number of quaternary nitrogens is 1. The number of hydrogen-bond acceptors (Lipinski definition) is 8. The number of aromatic nitrogens is 2. The quantitative estimate of drug-likeness (QED) is 0.457. The lowest BCUT2D eigenvalue weighted by Gasteiger charge is -2.27. The number of anilines is 2. The Morgan fingerprint density at radius 2 is 2.00 bits per heavy atom. The fourth-order valence-electron chi connectivity index (χ4n) is 2.78. The molecule has 2 aromatic heterocycles. The molecule has 1 aliphatic rings. The Balaban J connectivity index is 1.94. The number of thiazole rings is 1. The maximum absolute atomic E-state index is 13.0. The van der Waals surface area contributed by atoms with Gasteiger partial charge in [0.1, 0.15) is 5.82 Å². The van der Waals surface area contributed by atoms with E-state index in [1.807, 2.05) is 18.9 Å². The van der Waals surface area contributed by atoms with E-state index in [4.69, 9.17) is 0 Å². The maximum atomic E-state index is 13.0. The van der Waals surface area contributed by atoms with Gasteiger partial charge in [0.15, 0.2) is 5.13 Å². The normalized spacial score (nSPS) is 14.4. The second-order valence-corrected chi connectivity index (χ2v) is 8.36. The summed E-state index contributed by atoms with van der Waals surface area (Å²) >= 11 is 1.42. The van der Waals surface area contributed by atoms with Gasteiger partial charge in [-0.3, -0.25) is 10.1 Å². The zero-order valence-electron chi connectivity index (χ0n) is 16.6. The van der Waals surface area contributed by atoms with Crippen molar-refractivity contribution in [3.05, 3.63) is 28.9 Å². The summed E-state index contributed by atoms with van der Waals surface area (Å²) in [6.07, 6.45) is 6.31. The van der Waals surface area contributed by atoms with Gasteiger partial charge in [-0.25, -0.2) is 9.97 Å². The van der Waals surface area contributed by atoms with E-state index in [0.717, 1.165) is 17.8 Å². The summed E-state index contributed by atoms with van der Waals surface area (Å²) in [5.41, 5.74) is 0.327. The summed E-state index contributed by atoms with van der Waals surface area (Å²) < 4.78 is 0.